The maximum atomic E-state index is 12.0. The summed E-state index contributed by atoms with van der Waals surface area (Å²) in [5, 5.41) is 2.84. The summed E-state index contributed by atoms with van der Waals surface area (Å²) in [6, 6.07) is 0.205. The van der Waals surface area contributed by atoms with Crippen molar-refractivity contribution >= 4 is 5.91 Å². The van der Waals surface area contributed by atoms with Crippen LogP contribution < -0.4 is 16.6 Å². The van der Waals surface area contributed by atoms with Gasteiger partial charge in [-0.15, -0.1) is 0 Å². The summed E-state index contributed by atoms with van der Waals surface area (Å²) >= 11 is 0. The monoisotopic (exact) mass is 264 g/mol. The van der Waals surface area contributed by atoms with Crippen molar-refractivity contribution in [3.63, 3.8) is 0 Å². The van der Waals surface area contributed by atoms with Crippen molar-refractivity contribution in [3.05, 3.63) is 27.9 Å². The molecule has 0 aliphatic heterocycles. The molecule has 2 atom stereocenters. The Hall–Kier alpha value is -1.69. The molecule has 1 aromatic rings. The van der Waals surface area contributed by atoms with Crippen molar-refractivity contribution < 1.29 is 4.79 Å². The Bertz CT molecular complexity index is 524. The first kappa shape index (κ1) is 13.7. The Morgan fingerprint density at radius 1 is 1.53 bits per heavy atom. The van der Waals surface area contributed by atoms with E-state index in [0.717, 1.165) is 19.3 Å². The molecule has 6 heteroatoms. The molecular weight excluding hydrogens is 244 g/mol. The zero-order valence-corrected chi connectivity index (χ0v) is 11.3. The van der Waals surface area contributed by atoms with Gasteiger partial charge < -0.3 is 16.0 Å². The van der Waals surface area contributed by atoms with Gasteiger partial charge in [0.1, 0.15) is 11.4 Å². The Kier molecular flexibility index (Phi) is 3.99. The third kappa shape index (κ3) is 3.20. The number of hydrogen-bond acceptors (Lipinski definition) is 4. The van der Waals surface area contributed by atoms with Gasteiger partial charge in [0.25, 0.3) is 11.5 Å². The zero-order chi connectivity index (χ0) is 14.0. The molecule has 0 aromatic carbocycles. The van der Waals surface area contributed by atoms with Crippen LogP contribution in [0.15, 0.2) is 11.0 Å². The third-order valence-electron chi connectivity index (χ3n) is 3.42. The summed E-state index contributed by atoms with van der Waals surface area (Å²) < 4.78 is 0. The van der Waals surface area contributed by atoms with Crippen LogP contribution in [-0.4, -0.2) is 28.0 Å². The van der Waals surface area contributed by atoms with Crippen molar-refractivity contribution in [3.8, 4) is 0 Å². The fourth-order valence-electron chi connectivity index (χ4n) is 2.27. The van der Waals surface area contributed by atoms with Gasteiger partial charge in [-0.05, 0) is 19.3 Å². The van der Waals surface area contributed by atoms with Gasteiger partial charge in [-0.3, -0.25) is 9.59 Å². The molecule has 2 rings (SSSR count). The van der Waals surface area contributed by atoms with Gasteiger partial charge in [0, 0.05) is 24.2 Å². The smallest absolute Gasteiger partial charge is 0.263 e. The number of nitrogens with one attached hydrogen (secondary N) is 2. The third-order valence-corrected chi connectivity index (χ3v) is 3.42. The van der Waals surface area contributed by atoms with Crippen LogP contribution in [-0.2, 0) is 0 Å². The van der Waals surface area contributed by atoms with Crippen molar-refractivity contribution in [2.45, 2.75) is 51.1 Å². The molecule has 0 radical (unpaired) electrons. The summed E-state index contributed by atoms with van der Waals surface area (Å²) in [6.07, 6.45) is 3.88. The van der Waals surface area contributed by atoms with Gasteiger partial charge in [0.05, 0.1) is 0 Å². The molecule has 0 unspecified atom stereocenters. The number of hydrogen-bond donors (Lipinski definition) is 3. The molecule has 0 bridgehead atoms. The van der Waals surface area contributed by atoms with Crippen LogP contribution in [0, 0.1) is 0 Å². The molecule has 1 heterocycles. The van der Waals surface area contributed by atoms with E-state index in [0.29, 0.717) is 5.82 Å². The molecule has 0 saturated heterocycles. The zero-order valence-electron chi connectivity index (χ0n) is 11.3. The Morgan fingerprint density at radius 2 is 2.26 bits per heavy atom. The van der Waals surface area contributed by atoms with Crippen LogP contribution in [0.4, 0.5) is 0 Å². The highest BCUT2D eigenvalue weighted by Crippen LogP contribution is 2.17. The quantitative estimate of drug-likeness (QED) is 0.740. The Balaban J connectivity index is 2.09. The number of amides is 1. The maximum absolute atomic E-state index is 12.0. The topological polar surface area (TPSA) is 101 Å². The first-order valence-corrected chi connectivity index (χ1v) is 6.63. The molecule has 1 saturated carbocycles. The number of carbonyl (C=O) groups is 1. The molecule has 1 aliphatic carbocycles. The van der Waals surface area contributed by atoms with E-state index in [2.05, 4.69) is 15.3 Å². The number of nitrogens with zero attached hydrogens (tertiary/aromatic N) is 1. The minimum absolute atomic E-state index is 0.0601. The van der Waals surface area contributed by atoms with Gasteiger partial charge in [-0.2, -0.15) is 0 Å². The largest absolute Gasteiger partial charge is 0.349 e. The number of H-pyrrole nitrogens is 1. The normalized spacial score (nSPS) is 22.7. The van der Waals surface area contributed by atoms with E-state index < -0.39 is 5.56 Å². The van der Waals surface area contributed by atoms with Crippen LogP contribution in [0.5, 0.6) is 0 Å². The molecule has 1 fully saturated rings. The molecule has 1 amide bonds. The minimum Gasteiger partial charge on any atom is -0.349 e. The number of rotatable bonds is 3. The van der Waals surface area contributed by atoms with E-state index in [4.69, 9.17) is 5.73 Å². The molecule has 6 nitrogen and oxygen atoms in total. The average molecular weight is 264 g/mol. The maximum Gasteiger partial charge on any atom is 0.263 e. The van der Waals surface area contributed by atoms with Crippen molar-refractivity contribution in [1.82, 2.24) is 15.3 Å². The second-order valence-corrected chi connectivity index (χ2v) is 5.41. The molecule has 104 valence electrons. The van der Waals surface area contributed by atoms with Gasteiger partial charge in [0.15, 0.2) is 0 Å². The molecular formula is C13H20N4O2. The molecule has 4 N–H and O–H groups in total. The lowest BCUT2D eigenvalue weighted by molar-refractivity contribution is 0.0935. The van der Waals surface area contributed by atoms with Gasteiger partial charge in [-0.1, -0.05) is 13.8 Å². The highest BCUT2D eigenvalue weighted by atomic mass is 16.2. The summed E-state index contributed by atoms with van der Waals surface area (Å²) in [5.41, 5.74) is 5.46. The second-order valence-electron chi connectivity index (χ2n) is 5.41. The summed E-state index contributed by atoms with van der Waals surface area (Å²) in [4.78, 5) is 30.6. The van der Waals surface area contributed by atoms with Crippen LogP contribution >= 0.6 is 0 Å². The molecule has 0 spiro atoms. The molecule has 1 aliphatic rings. The predicted molar refractivity (Wildman–Crippen MR) is 72.0 cm³/mol. The predicted octanol–water partition coefficient (Wildman–Crippen LogP) is 0.503. The van der Waals surface area contributed by atoms with Gasteiger partial charge in [0.2, 0.25) is 0 Å². The van der Waals surface area contributed by atoms with Gasteiger partial charge in [-0.25, -0.2) is 4.98 Å². The number of nitrogens with two attached hydrogens (primary N) is 1. The standard InChI is InChI=1S/C13H20N4O2/c1-7(2)11-15-6-10(13(19)17-11)12(18)16-9-4-3-8(14)5-9/h6-9H,3-5,14H2,1-2H3,(H,16,18)(H,15,17,19)/t8-,9-/m1/s1. The minimum atomic E-state index is -0.390. The highest BCUT2D eigenvalue weighted by molar-refractivity contribution is 5.93. The second kappa shape index (κ2) is 5.52. The van der Waals surface area contributed by atoms with E-state index in [1.165, 1.54) is 6.20 Å². The van der Waals surface area contributed by atoms with Crippen molar-refractivity contribution in [2.24, 2.45) is 5.73 Å². The van der Waals surface area contributed by atoms with Crippen molar-refractivity contribution in [2.75, 3.05) is 0 Å². The molecule has 1 aromatic heterocycles. The van der Waals surface area contributed by atoms with Crippen LogP contribution in [0.25, 0.3) is 0 Å². The Morgan fingerprint density at radius 3 is 2.79 bits per heavy atom. The lowest BCUT2D eigenvalue weighted by Gasteiger charge is -2.12. The van der Waals surface area contributed by atoms with E-state index in [1.807, 2.05) is 13.8 Å². The summed E-state index contributed by atoms with van der Waals surface area (Å²) in [5.74, 6) is 0.338. The van der Waals surface area contributed by atoms with E-state index in [9.17, 15) is 9.59 Å². The number of aromatic nitrogens is 2. The fraction of sp³-hybridized carbons (Fsp3) is 0.615. The van der Waals surface area contributed by atoms with E-state index in [-0.39, 0.29) is 29.5 Å². The van der Waals surface area contributed by atoms with Crippen molar-refractivity contribution in [1.29, 1.82) is 0 Å². The lowest BCUT2D eigenvalue weighted by Crippen LogP contribution is -2.37. The van der Waals surface area contributed by atoms with Crippen LogP contribution in [0.2, 0.25) is 0 Å². The summed E-state index contributed by atoms with van der Waals surface area (Å²) in [7, 11) is 0. The highest BCUT2D eigenvalue weighted by Gasteiger charge is 2.24. The van der Waals surface area contributed by atoms with Crippen LogP contribution in [0.1, 0.15) is 55.2 Å². The first-order valence-electron chi connectivity index (χ1n) is 6.63. The van der Waals surface area contributed by atoms with E-state index >= 15 is 0 Å². The molecule has 19 heavy (non-hydrogen) atoms. The van der Waals surface area contributed by atoms with Gasteiger partial charge >= 0.3 is 0 Å². The number of aromatic amines is 1. The van der Waals surface area contributed by atoms with Crippen LogP contribution in [0.3, 0.4) is 0 Å². The Labute approximate surface area is 111 Å². The number of carbonyl (C=O) groups excluding carboxylic acids is 1. The fourth-order valence-corrected chi connectivity index (χ4v) is 2.27. The average Bonchev–Trinajstić information content (AvgIpc) is 2.74. The lowest BCUT2D eigenvalue weighted by atomic mass is 10.2. The van der Waals surface area contributed by atoms with E-state index in [1.54, 1.807) is 0 Å². The SMILES string of the molecule is CC(C)c1ncc(C(=O)N[C@@H]2CC[C@@H](N)C2)c(=O)[nH]1. The summed E-state index contributed by atoms with van der Waals surface area (Å²) in [6.45, 7) is 3.86. The first-order chi connectivity index (χ1) is 8.97.